The van der Waals surface area contributed by atoms with Crippen LogP contribution in [0.1, 0.15) is 12.0 Å². The second kappa shape index (κ2) is 11.4. The zero-order valence-electron chi connectivity index (χ0n) is 15.9. The van der Waals surface area contributed by atoms with Crippen molar-refractivity contribution in [3.63, 3.8) is 0 Å². The molecule has 148 valence electrons. The molecule has 0 aliphatic heterocycles. The summed E-state index contributed by atoms with van der Waals surface area (Å²) in [6.07, 6.45) is 2.14. The van der Waals surface area contributed by atoms with E-state index < -0.39 is 5.91 Å². The highest BCUT2D eigenvalue weighted by Gasteiger charge is 2.12. The molecule has 0 saturated carbocycles. The molecule has 0 radical (unpaired) electrons. The number of amides is 1. The molecule has 0 aromatic heterocycles. The molecular formula is C21H26N4O3. The van der Waals surface area contributed by atoms with Gasteiger partial charge in [0.1, 0.15) is 11.4 Å². The molecule has 0 atom stereocenters. The van der Waals surface area contributed by atoms with Gasteiger partial charge in [0.05, 0.1) is 6.61 Å². The zero-order chi connectivity index (χ0) is 20.2. The summed E-state index contributed by atoms with van der Waals surface area (Å²) in [5.41, 5.74) is 1.76. The minimum absolute atomic E-state index is 0.0903. The normalized spacial score (nSPS) is 11.0. The van der Waals surface area contributed by atoms with Crippen molar-refractivity contribution in [1.29, 1.82) is 5.41 Å². The van der Waals surface area contributed by atoms with E-state index in [1.165, 1.54) is 18.2 Å². The molecule has 7 heteroatoms. The Kier molecular flexibility index (Phi) is 8.55. The number of nitrogens with one attached hydrogen (secondary N) is 4. The summed E-state index contributed by atoms with van der Waals surface area (Å²) in [4.78, 5) is 12.7. The SMILES string of the molecule is CNCCCOC(=N)/C=C(\NCc1ccccc1)C(=O)Nc1ccc(O)cc1. The van der Waals surface area contributed by atoms with E-state index in [4.69, 9.17) is 10.1 Å². The minimum Gasteiger partial charge on any atom is -0.508 e. The van der Waals surface area contributed by atoms with Gasteiger partial charge < -0.3 is 25.8 Å². The molecule has 1 amide bonds. The molecule has 2 rings (SSSR count). The number of benzene rings is 2. The Balaban J connectivity index is 2.05. The first-order chi connectivity index (χ1) is 13.6. The second-order valence-electron chi connectivity index (χ2n) is 6.07. The average Bonchev–Trinajstić information content (AvgIpc) is 2.71. The number of phenolic OH excluding ortho intramolecular Hbond substituents is 1. The first-order valence-corrected chi connectivity index (χ1v) is 9.04. The molecule has 0 spiro atoms. The van der Waals surface area contributed by atoms with Gasteiger partial charge in [0.25, 0.3) is 5.91 Å². The lowest BCUT2D eigenvalue weighted by Crippen LogP contribution is -2.27. The first-order valence-electron chi connectivity index (χ1n) is 9.04. The van der Waals surface area contributed by atoms with Crippen LogP contribution < -0.4 is 16.0 Å². The van der Waals surface area contributed by atoms with E-state index in [0.29, 0.717) is 18.8 Å². The lowest BCUT2D eigenvalue weighted by atomic mass is 10.2. The molecule has 5 N–H and O–H groups in total. The van der Waals surface area contributed by atoms with E-state index in [-0.39, 0.29) is 17.3 Å². The van der Waals surface area contributed by atoms with Gasteiger partial charge in [-0.25, -0.2) is 0 Å². The Morgan fingerprint density at radius 1 is 1.14 bits per heavy atom. The van der Waals surface area contributed by atoms with Gasteiger partial charge in [-0.1, -0.05) is 30.3 Å². The van der Waals surface area contributed by atoms with E-state index in [2.05, 4.69) is 16.0 Å². The summed E-state index contributed by atoms with van der Waals surface area (Å²) >= 11 is 0. The van der Waals surface area contributed by atoms with Gasteiger partial charge in [-0.2, -0.15) is 0 Å². The van der Waals surface area contributed by atoms with Gasteiger partial charge in [0.2, 0.25) is 5.90 Å². The summed E-state index contributed by atoms with van der Waals surface area (Å²) in [5.74, 6) is -0.370. The Morgan fingerprint density at radius 2 is 1.86 bits per heavy atom. The Labute approximate surface area is 164 Å². The Bertz CT molecular complexity index is 789. The van der Waals surface area contributed by atoms with Crippen molar-refractivity contribution >= 4 is 17.5 Å². The number of rotatable bonds is 10. The molecule has 2 aromatic rings. The standard InChI is InChI=1S/C21H26N4O3/c1-23-12-5-13-28-20(22)14-19(24-15-16-6-3-2-4-7-16)21(27)25-17-8-10-18(26)11-9-17/h2-4,6-11,14,22-24,26H,5,12-13,15H2,1H3,(H,25,27)/b19-14-,22-20?. The monoisotopic (exact) mass is 382 g/mol. The quantitative estimate of drug-likeness (QED) is 0.143. The second-order valence-corrected chi connectivity index (χ2v) is 6.07. The molecule has 0 aliphatic rings. The largest absolute Gasteiger partial charge is 0.508 e. The number of hydrogen-bond acceptors (Lipinski definition) is 6. The lowest BCUT2D eigenvalue weighted by molar-refractivity contribution is -0.113. The van der Waals surface area contributed by atoms with Crippen molar-refractivity contribution in [3.8, 4) is 5.75 Å². The molecule has 0 aliphatic carbocycles. The predicted molar refractivity (Wildman–Crippen MR) is 110 cm³/mol. The minimum atomic E-state index is -0.398. The maximum absolute atomic E-state index is 12.7. The number of hydrogen-bond donors (Lipinski definition) is 5. The molecule has 0 bridgehead atoms. The van der Waals surface area contributed by atoms with Crippen LogP contribution in [0, 0.1) is 5.41 Å². The van der Waals surface area contributed by atoms with Crippen molar-refractivity contribution in [1.82, 2.24) is 10.6 Å². The van der Waals surface area contributed by atoms with Gasteiger partial charge in [-0.15, -0.1) is 0 Å². The molecule has 28 heavy (non-hydrogen) atoms. The summed E-state index contributed by atoms with van der Waals surface area (Å²) in [7, 11) is 1.85. The number of ether oxygens (including phenoxy) is 1. The first kappa shape index (κ1) is 21.0. The third-order valence-electron chi connectivity index (χ3n) is 3.80. The molecule has 2 aromatic carbocycles. The number of aromatic hydroxyl groups is 1. The summed E-state index contributed by atoms with van der Waals surface area (Å²) in [6, 6.07) is 15.8. The van der Waals surface area contributed by atoms with Crippen LogP contribution in [0.2, 0.25) is 0 Å². The van der Waals surface area contributed by atoms with Crippen molar-refractivity contribution in [2.45, 2.75) is 13.0 Å². The molecule has 0 unspecified atom stereocenters. The summed E-state index contributed by atoms with van der Waals surface area (Å²) in [6.45, 7) is 1.61. The third-order valence-corrected chi connectivity index (χ3v) is 3.80. The van der Waals surface area contributed by atoms with E-state index in [1.54, 1.807) is 12.1 Å². The molecule has 7 nitrogen and oxygen atoms in total. The van der Waals surface area contributed by atoms with E-state index in [1.807, 2.05) is 37.4 Å². The topological polar surface area (TPSA) is 106 Å². The molecule has 0 saturated heterocycles. The number of phenols is 1. The fraction of sp³-hybridized carbons (Fsp3) is 0.238. The van der Waals surface area contributed by atoms with Crippen LogP contribution in [-0.2, 0) is 16.1 Å². The van der Waals surface area contributed by atoms with Crippen LogP contribution in [0.3, 0.4) is 0 Å². The van der Waals surface area contributed by atoms with E-state index >= 15 is 0 Å². The Morgan fingerprint density at radius 3 is 2.54 bits per heavy atom. The van der Waals surface area contributed by atoms with E-state index in [9.17, 15) is 9.90 Å². The fourth-order valence-electron chi connectivity index (χ4n) is 2.34. The fourth-order valence-corrected chi connectivity index (χ4v) is 2.34. The zero-order valence-corrected chi connectivity index (χ0v) is 15.9. The van der Waals surface area contributed by atoms with Crippen LogP contribution in [0.5, 0.6) is 5.75 Å². The van der Waals surface area contributed by atoms with Crippen LogP contribution in [-0.4, -0.2) is 37.1 Å². The third kappa shape index (κ3) is 7.51. The van der Waals surface area contributed by atoms with Gasteiger partial charge in [-0.05, 0) is 49.8 Å². The van der Waals surface area contributed by atoms with Crippen molar-refractivity contribution in [2.24, 2.45) is 0 Å². The van der Waals surface area contributed by atoms with Crippen LogP contribution in [0.25, 0.3) is 0 Å². The Hall–Kier alpha value is -3.32. The van der Waals surface area contributed by atoms with Crippen LogP contribution in [0.4, 0.5) is 5.69 Å². The molecule has 0 fully saturated rings. The molecule has 0 heterocycles. The maximum atomic E-state index is 12.7. The smallest absolute Gasteiger partial charge is 0.271 e. The lowest BCUT2D eigenvalue weighted by Gasteiger charge is -2.13. The number of anilines is 1. The van der Waals surface area contributed by atoms with Gasteiger partial charge in [0, 0.05) is 18.3 Å². The highest BCUT2D eigenvalue weighted by molar-refractivity contribution is 6.06. The highest BCUT2D eigenvalue weighted by atomic mass is 16.5. The highest BCUT2D eigenvalue weighted by Crippen LogP contribution is 2.14. The van der Waals surface area contributed by atoms with Crippen molar-refractivity contribution in [3.05, 3.63) is 71.9 Å². The summed E-state index contributed by atoms with van der Waals surface area (Å²) < 4.78 is 5.36. The predicted octanol–water partition coefficient (Wildman–Crippen LogP) is 2.61. The average molecular weight is 382 g/mol. The number of carbonyl (C=O) groups is 1. The summed E-state index contributed by atoms with van der Waals surface area (Å²) in [5, 5.41) is 26.2. The van der Waals surface area contributed by atoms with Gasteiger partial charge in [-0.3, -0.25) is 10.2 Å². The van der Waals surface area contributed by atoms with E-state index in [0.717, 1.165) is 18.5 Å². The number of carbonyl (C=O) groups excluding carboxylic acids is 1. The van der Waals surface area contributed by atoms with Crippen LogP contribution >= 0.6 is 0 Å². The van der Waals surface area contributed by atoms with Crippen LogP contribution in [0.15, 0.2) is 66.4 Å². The molecular weight excluding hydrogens is 356 g/mol. The van der Waals surface area contributed by atoms with Gasteiger partial charge in [0.15, 0.2) is 0 Å². The van der Waals surface area contributed by atoms with Crippen molar-refractivity contribution < 1.29 is 14.6 Å². The van der Waals surface area contributed by atoms with Crippen molar-refractivity contribution in [2.75, 3.05) is 25.5 Å². The maximum Gasteiger partial charge on any atom is 0.271 e. The van der Waals surface area contributed by atoms with Gasteiger partial charge >= 0.3 is 0 Å².